The molecule has 1 aliphatic rings. The standard InChI is InChI=1S/C14H21ClN2/c1-11-8-13(15)5-6-14(11)17(2)10-12-4-3-7-16-9-12/h5-6,8,12,16H,3-4,7,9-10H2,1-2H3. The van der Waals surface area contributed by atoms with E-state index in [4.69, 9.17) is 11.6 Å². The van der Waals surface area contributed by atoms with Crippen molar-refractivity contribution in [2.24, 2.45) is 5.92 Å². The zero-order valence-corrected chi connectivity index (χ0v) is 11.4. The molecule has 1 atom stereocenters. The van der Waals surface area contributed by atoms with Gasteiger partial charge in [-0.25, -0.2) is 0 Å². The summed E-state index contributed by atoms with van der Waals surface area (Å²) in [5.41, 5.74) is 2.55. The zero-order chi connectivity index (χ0) is 12.3. The maximum Gasteiger partial charge on any atom is 0.0410 e. The number of anilines is 1. The van der Waals surface area contributed by atoms with Gasteiger partial charge in [0.25, 0.3) is 0 Å². The van der Waals surface area contributed by atoms with Crippen LogP contribution in [0.4, 0.5) is 5.69 Å². The van der Waals surface area contributed by atoms with Crippen LogP contribution in [0.15, 0.2) is 18.2 Å². The molecular weight excluding hydrogens is 232 g/mol. The van der Waals surface area contributed by atoms with Gasteiger partial charge in [0.05, 0.1) is 0 Å². The van der Waals surface area contributed by atoms with E-state index < -0.39 is 0 Å². The first-order chi connectivity index (χ1) is 8.16. The van der Waals surface area contributed by atoms with Crippen LogP contribution in [0.1, 0.15) is 18.4 Å². The molecule has 1 aromatic carbocycles. The molecule has 1 heterocycles. The highest BCUT2D eigenvalue weighted by atomic mass is 35.5. The predicted molar refractivity (Wildman–Crippen MR) is 75.1 cm³/mol. The van der Waals surface area contributed by atoms with Gasteiger partial charge < -0.3 is 10.2 Å². The van der Waals surface area contributed by atoms with Crippen LogP contribution in [0, 0.1) is 12.8 Å². The summed E-state index contributed by atoms with van der Waals surface area (Å²) in [6, 6.07) is 6.12. The molecule has 1 aliphatic heterocycles. The van der Waals surface area contributed by atoms with Gasteiger partial charge in [0.2, 0.25) is 0 Å². The van der Waals surface area contributed by atoms with E-state index in [0.29, 0.717) is 0 Å². The fourth-order valence-electron chi connectivity index (χ4n) is 2.61. The molecule has 0 radical (unpaired) electrons. The highest BCUT2D eigenvalue weighted by Gasteiger charge is 2.16. The van der Waals surface area contributed by atoms with Gasteiger partial charge in [0.15, 0.2) is 0 Å². The third kappa shape index (κ3) is 3.36. The fraction of sp³-hybridized carbons (Fsp3) is 0.571. The van der Waals surface area contributed by atoms with Crippen LogP contribution in [0.5, 0.6) is 0 Å². The second-order valence-corrected chi connectivity index (χ2v) is 5.46. The smallest absolute Gasteiger partial charge is 0.0410 e. The number of hydrogen-bond acceptors (Lipinski definition) is 2. The molecule has 1 unspecified atom stereocenters. The number of hydrogen-bond donors (Lipinski definition) is 1. The van der Waals surface area contributed by atoms with E-state index in [1.54, 1.807) is 0 Å². The SMILES string of the molecule is Cc1cc(Cl)ccc1N(C)CC1CCCNC1. The topological polar surface area (TPSA) is 15.3 Å². The van der Waals surface area contributed by atoms with Crippen molar-refractivity contribution in [1.29, 1.82) is 0 Å². The lowest BCUT2D eigenvalue weighted by Crippen LogP contribution is -2.37. The van der Waals surface area contributed by atoms with Gasteiger partial charge in [0, 0.05) is 24.3 Å². The first kappa shape index (κ1) is 12.7. The van der Waals surface area contributed by atoms with Crippen molar-refractivity contribution in [1.82, 2.24) is 5.32 Å². The van der Waals surface area contributed by atoms with Crippen LogP contribution in [0.25, 0.3) is 0 Å². The van der Waals surface area contributed by atoms with Gasteiger partial charge >= 0.3 is 0 Å². The highest BCUT2D eigenvalue weighted by molar-refractivity contribution is 6.30. The summed E-state index contributed by atoms with van der Waals surface area (Å²) in [6.07, 6.45) is 2.64. The summed E-state index contributed by atoms with van der Waals surface area (Å²) in [5.74, 6) is 0.767. The monoisotopic (exact) mass is 252 g/mol. The maximum atomic E-state index is 5.98. The van der Waals surface area contributed by atoms with Crippen LogP contribution in [0.2, 0.25) is 5.02 Å². The Bertz CT molecular complexity index is 372. The number of aryl methyl sites for hydroxylation is 1. The third-order valence-electron chi connectivity index (χ3n) is 3.50. The number of halogens is 1. The molecule has 0 amide bonds. The minimum absolute atomic E-state index is 0.767. The molecule has 17 heavy (non-hydrogen) atoms. The molecule has 94 valence electrons. The van der Waals surface area contributed by atoms with Crippen molar-refractivity contribution in [3.8, 4) is 0 Å². The number of benzene rings is 1. The molecule has 1 N–H and O–H groups in total. The van der Waals surface area contributed by atoms with Gasteiger partial charge in [-0.05, 0) is 62.5 Å². The van der Waals surface area contributed by atoms with E-state index in [9.17, 15) is 0 Å². The van der Waals surface area contributed by atoms with Crippen molar-refractivity contribution in [3.63, 3.8) is 0 Å². The Kier molecular flexibility index (Phi) is 4.30. The first-order valence-electron chi connectivity index (χ1n) is 6.35. The molecule has 0 aliphatic carbocycles. The number of rotatable bonds is 3. The lowest BCUT2D eigenvalue weighted by molar-refractivity contribution is 0.381. The highest BCUT2D eigenvalue weighted by Crippen LogP contribution is 2.24. The van der Waals surface area contributed by atoms with E-state index in [2.05, 4.69) is 30.3 Å². The lowest BCUT2D eigenvalue weighted by atomic mass is 9.99. The summed E-state index contributed by atoms with van der Waals surface area (Å²) in [5, 5.41) is 4.29. The number of nitrogens with one attached hydrogen (secondary N) is 1. The Labute approximate surface area is 109 Å². The summed E-state index contributed by atoms with van der Waals surface area (Å²) >= 11 is 5.98. The van der Waals surface area contributed by atoms with Crippen LogP contribution in [0.3, 0.4) is 0 Å². The molecule has 1 aromatic rings. The van der Waals surface area contributed by atoms with Crippen molar-refractivity contribution < 1.29 is 0 Å². The second-order valence-electron chi connectivity index (χ2n) is 5.02. The van der Waals surface area contributed by atoms with Gasteiger partial charge in [-0.3, -0.25) is 0 Å². The molecule has 2 nitrogen and oxygen atoms in total. The largest absolute Gasteiger partial charge is 0.374 e. The Hall–Kier alpha value is -0.730. The minimum atomic E-state index is 0.767. The van der Waals surface area contributed by atoms with Crippen LogP contribution >= 0.6 is 11.6 Å². The zero-order valence-electron chi connectivity index (χ0n) is 10.7. The summed E-state index contributed by atoms with van der Waals surface area (Å²) in [4.78, 5) is 2.35. The van der Waals surface area contributed by atoms with Crippen LogP contribution < -0.4 is 10.2 Å². The summed E-state index contributed by atoms with van der Waals surface area (Å²) < 4.78 is 0. The normalized spacial score (nSPS) is 20.3. The Balaban J connectivity index is 2.00. The Morgan fingerprint density at radius 1 is 1.47 bits per heavy atom. The maximum absolute atomic E-state index is 5.98. The first-order valence-corrected chi connectivity index (χ1v) is 6.72. The van der Waals surface area contributed by atoms with E-state index in [1.807, 2.05) is 12.1 Å². The summed E-state index contributed by atoms with van der Waals surface area (Å²) in [6.45, 7) is 5.57. The van der Waals surface area contributed by atoms with Crippen molar-refractivity contribution >= 4 is 17.3 Å². The quantitative estimate of drug-likeness (QED) is 0.890. The fourth-order valence-corrected chi connectivity index (χ4v) is 2.84. The van der Waals surface area contributed by atoms with E-state index >= 15 is 0 Å². The molecule has 1 fully saturated rings. The molecular formula is C14H21ClN2. The lowest BCUT2D eigenvalue weighted by Gasteiger charge is -2.29. The van der Waals surface area contributed by atoms with Crippen LogP contribution in [-0.2, 0) is 0 Å². The van der Waals surface area contributed by atoms with Gasteiger partial charge in [-0.2, -0.15) is 0 Å². The second kappa shape index (κ2) is 5.74. The number of nitrogens with zero attached hydrogens (tertiary/aromatic N) is 1. The van der Waals surface area contributed by atoms with Gasteiger partial charge in [-0.15, -0.1) is 0 Å². The van der Waals surface area contributed by atoms with E-state index in [0.717, 1.165) is 24.0 Å². The average molecular weight is 253 g/mol. The van der Waals surface area contributed by atoms with Crippen molar-refractivity contribution in [2.45, 2.75) is 19.8 Å². The van der Waals surface area contributed by atoms with Crippen molar-refractivity contribution in [3.05, 3.63) is 28.8 Å². The molecule has 2 rings (SSSR count). The molecule has 0 aromatic heterocycles. The van der Waals surface area contributed by atoms with Gasteiger partial charge in [0.1, 0.15) is 0 Å². The van der Waals surface area contributed by atoms with Crippen molar-refractivity contribution in [2.75, 3.05) is 31.6 Å². The van der Waals surface area contributed by atoms with Crippen LogP contribution in [-0.4, -0.2) is 26.7 Å². The molecule has 1 saturated heterocycles. The molecule has 0 spiro atoms. The number of piperidine rings is 1. The summed E-state index contributed by atoms with van der Waals surface area (Å²) in [7, 11) is 2.17. The van der Waals surface area contributed by atoms with E-state index in [-0.39, 0.29) is 0 Å². The molecule has 0 bridgehead atoms. The van der Waals surface area contributed by atoms with E-state index in [1.165, 1.54) is 30.6 Å². The Morgan fingerprint density at radius 3 is 2.94 bits per heavy atom. The van der Waals surface area contributed by atoms with Gasteiger partial charge in [-0.1, -0.05) is 11.6 Å². The minimum Gasteiger partial charge on any atom is -0.374 e. The molecule has 3 heteroatoms. The average Bonchev–Trinajstić information content (AvgIpc) is 2.30. The molecule has 0 saturated carbocycles. The third-order valence-corrected chi connectivity index (χ3v) is 3.74. The predicted octanol–water partition coefficient (Wildman–Crippen LogP) is 3.08. The Morgan fingerprint density at radius 2 is 2.29 bits per heavy atom.